The topological polar surface area (TPSA) is 317 Å². The number of imide groups is 2. The molecule has 0 radical (unpaired) electrons. The normalized spacial score (nSPS) is 17.0. The number of aliphatic carboxylic acids is 1. The number of nitrogens with one attached hydrogen (secondary N) is 1. The van der Waals surface area contributed by atoms with Gasteiger partial charge in [-0.2, -0.15) is 0 Å². The Kier molecular flexibility index (Phi) is 12.5. The standard InChI is InChI=1S/C36H36N12O9S2/c1-17(49)46(31(53)23(37)12-13-24(38)50)21-10-8-19(9-11-21)28-40-14-22(29(51)41-28)30(52)47(32(54)25(39)18-6-4-3-5-7-18)27-33(55)48-26(35(56)57)20(15-58-34(27)48)16-59-36-42-43-44-45(36)2/h3-11,14,23,25,27,34H,12-13,15-16,37,39H2,1-2H3,(H2,38,50)(H,56,57)(H,40,41,51)/t23?,25?,27?,34-/m0/s1. The van der Waals surface area contributed by atoms with Gasteiger partial charge in [0.2, 0.25) is 17.0 Å². The summed E-state index contributed by atoms with van der Waals surface area (Å²) < 4.78 is 1.41. The van der Waals surface area contributed by atoms with Crippen LogP contribution in [0.1, 0.15) is 41.7 Å². The molecule has 0 saturated carbocycles. The van der Waals surface area contributed by atoms with Crippen molar-refractivity contribution in [2.24, 2.45) is 24.2 Å². The van der Waals surface area contributed by atoms with E-state index in [4.69, 9.17) is 17.2 Å². The lowest BCUT2D eigenvalue weighted by atomic mass is 9.98. The van der Waals surface area contributed by atoms with Crippen molar-refractivity contribution >= 4 is 70.6 Å². The van der Waals surface area contributed by atoms with Gasteiger partial charge in [0, 0.05) is 43.7 Å². The minimum absolute atomic E-state index is 0.0386. The van der Waals surface area contributed by atoms with E-state index in [-0.39, 0.29) is 41.6 Å². The Hall–Kier alpha value is -6.56. The third-order valence-corrected chi connectivity index (χ3v) is 11.7. The number of nitrogens with zero attached hydrogens (tertiary/aromatic N) is 8. The van der Waals surface area contributed by atoms with Gasteiger partial charge in [-0.05, 0) is 52.2 Å². The molecule has 4 atom stereocenters. The molecule has 4 heterocycles. The van der Waals surface area contributed by atoms with Gasteiger partial charge in [0.25, 0.3) is 29.2 Å². The second-order valence-electron chi connectivity index (χ2n) is 13.2. The molecule has 6 amide bonds. The average molecular weight is 845 g/mol. The first kappa shape index (κ1) is 42.1. The molecule has 23 heteroatoms. The molecular weight excluding hydrogens is 809 g/mol. The van der Waals surface area contributed by atoms with Crippen LogP contribution in [0, 0.1) is 0 Å². The van der Waals surface area contributed by atoms with E-state index in [9.17, 15) is 43.5 Å². The molecule has 2 aliphatic rings. The Bertz CT molecular complexity index is 2440. The quantitative estimate of drug-likeness (QED) is 0.0790. The molecule has 4 aromatic rings. The number of carboxylic acid groups (broad SMARTS) is 1. The molecule has 59 heavy (non-hydrogen) atoms. The number of rotatable bonds is 14. The summed E-state index contributed by atoms with van der Waals surface area (Å²) in [6, 6.07) is 9.52. The van der Waals surface area contributed by atoms with Crippen LogP contribution in [-0.2, 0) is 35.8 Å². The highest BCUT2D eigenvalue weighted by Crippen LogP contribution is 2.44. The molecule has 306 valence electrons. The van der Waals surface area contributed by atoms with Gasteiger partial charge in [0.05, 0.1) is 11.7 Å². The van der Waals surface area contributed by atoms with Gasteiger partial charge < -0.3 is 27.3 Å². The van der Waals surface area contributed by atoms with Crippen LogP contribution in [0.4, 0.5) is 5.69 Å². The van der Waals surface area contributed by atoms with E-state index >= 15 is 0 Å². The van der Waals surface area contributed by atoms with E-state index in [1.54, 1.807) is 37.4 Å². The first-order valence-corrected chi connectivity index (χ1v) is 19.6. The van der Waals surface area contributed by atoms with Crippen LogP contribution in [0.3, 0.4) is 0 Å². The largest absolute Gasteiger partial charge is 0.477 e. The average Bonchev–Trinajstić information content (AvgIpc) is 3.64. The van der Waals surface area contributed by atoms with Crippen molar-refractivity contribution in [2.45, 2.75) is 48.4 Å². The maximum Gasteiger partial charge on any atom is 0.352 e. The van der Waals surface area contributed by atoms with Crippen LogP contribution < -0.4 is 27.7 Å². The fourth-order valence-electron chi connectivity index (χ4n) is 6.33. The number of aryl methyl sites for hydroxylation is 1. The monoisotopic (exact) mass is 844 g/mol. The van der Waals surface area contributed by atoms with Crippen LogP contribution in [-0.4, -0.2) is 115 Å². The smallest absolute Gasteiger partial charge is 0.352 e. The molecule has 6 rings (SSSR count). The number of hydrogen-bond donors (Lipinski definition) is 5. The lowest BCUT2D eigenvalue weighted by molar-refractivity contribution is -0.157. The number of carbonyl (C=O) groups excluding carboxylic acids is 6. The van der Waals surface area contributed by atoms with Gasteiger partial charge >= 0.3 is 5.97 Å². The fourth-order valence-corrected chi connectivity index (χ4v) is 8.71. The first-order valence-electron chi connectivity index (χ1n) is 17.6. The van der Waals surface area contributed by atoms with Crippen LogP contribution in [0.25, 0.3) is 11.4 Å². The number of fused-ring (bicyclic) bond motifs is 1. The summed E-state index contributed by atoms with van der Waals surface area (Å²) in [5.74, 6) is -6.37. The predicted molar refractivity (Wildman–Crippen MR) is 210 cm³/mol. The zero-order chi connectivity index (χ0) is 42.7. The van der Waals surface area contributed by atoms with Gasteiger partial charge in [-0.3, -0.25) is 43.4 Å². The minimum atomic E-state index is -1.54. The number of nitrogens with two attached hydrogens (primary N) is 3. The number of thioether (sulfide) groups is 2. The maximum absolute atomic E-state index is 14.3. The molecule has 0 spiro atoms. The number of H-pyrrole nitrogens is 1. The van der Waals surface area contributed by atoms with Crippen molar-refractivity contribution in [1.82, 2.24) is 40.0 Å². The van der Waals surface area contributed by atoms with Crippen LogP contribution in [0.2, 0.25) is 0 Å². The molecule has 2 aromatic carbocycles. The lowest BCUT2D eigenvalue weighted by Crippen LogP contribution is -2.73. The van der Waals surface area contributed by atoms with E-state index in [0.717, 1.165) is 46.4 Å². The number of aromatic nitrogens is 6. The van der Waals surface area contributed by atoms with E-state index < -0.39 is 76.0 Å². The van der Waals surface area contributed by atoms with Gasteiger partial charge in [-0.1, -0.05) is 42.1 Å². The van der Waals surface area contributed by atoms with Gasteiger partial charge in [0.15, 0.2) is 0 Å². The summed E-state index contributed by atoms with van der Waals surface area (Å²) in [6.07, 6.45) is 0.685. The SMILES string of the molecule is CC(=O)N(C(=O)C(N)CCC(N)=O)c1ccc(-c2ncc(C(=O)N(C(=O)C(N)c3ccccc3)C3C(=O)N4C(C(=O)O)=C(CSc5nnnn5C)CS[C@@H]34)c(=O)[nH]2)cc1. The van der Waals surface area contributed by atoms with Crippen molar-refractivity contribution < 1.29 is 38.7 Å². The molecule has 1 fully saturated rings. The first-order chi connectivity index (χ1) is 28.1. The second-order valence-corrected chi connectivity index (χ2v) is 15.3. The maximum atomic E-state index is 14.3. The van der Waals surface area contributed by atoms with E-state index in [1.165, 1.54) is 28.9 Å². The van der Waals surface area contributed by atoms with Crippen molar-refractivity contribution in [2.75, 3.05) is 16.4 Å². The second kappa shape index (κ2) is 17.5. The molecule has 1 saturated heterocycles. The van der Waals surface area contributed by atoms with E-state index in [1.807, 2.05) is 0 Å². The number of carboxylic acids is 1. The molecule has 21 nitrogen and oxygen atoms in total. The number of aromatic amines is 1. The number of hydrogen-bond acceptors (Lipinski definition) is 16. The Balaban J connectivity index is 1.28. The number of anilines is 1. The predicted octanol–water partition coefficient (Wildman–Crippen LogP) is -0.484. The zero-order valence-electron chi connectivity index (χ0n) is 31.3. The third kappa shape index (κ3) is 8.53. The van der Waals surface area contributed by atoms with Crippen LogP contribution in [0.5, 0.6) is 0 Å². The summed E-state index contributed by atoms with van der Waals surface area (Å²) in [4.78, 5) is 114. The molecular formula is C36H36N12O9S2. The molecule has 0 aliphatic carbocycles. The van der Waals surface area contributed by atoms with E-state index in [2.05, 4.69) is 25.5 Å². The molecule has 2 aromatic heterocycles. The Labute approximate surface area is 342 Å². The molecule has 2 aliphatic heterocycles. The van der Waals surface area contributed by atoms with Gasteiger partial charge in [-0.15, -0.1) is 16.9 Å². The molecule has 0 bridgehead atoms. The number of benzene rings is 2. The van der Waals surface area contributed by atoms with E-state index in [0.29, 0.717) is 26.8 Å². The van der Waals surface area contributed by atoms with Crippen LogP contribution in [0.15, 0.2) is 82.0 Å². The molecule has 3 unspecified atom stereocenters. The molecule has 8 N–H and O–H groups in total. The highest BCUT2D eigenvalue weighted by molar-refractivity contribution is 8.01. The Morgan fingerprint density at radius 3 is 2.32 bits per heavy atom. The number of primary amides is 1. The Morgan fingerprint density at radius 2 is 1.73 bits per heavy atom. The third-order valence-electron chi connectivity index (χ3n) is 9.32. The summed E-state index contributed by atoms with van der Waals surface area (Å²) in [7, 11) is 1.62. The summed E-state index contributed by atoms with van der Waals surface area (Å²) in [5, 5.41) is 20.8. The number of β-lactam (4-membered cyclic amide) rings is 1. The lowest BCUT2D eigenvalue weighted by Gasteiger charge is -2.52. The van der Waals surface area contributed by atoms with Gasteiger partial charge in [0.1, 0.15) is 34.5 Å². The van der Waals surface area contributed by atoms with Crippen molar-refractivity contribution in [3.8, 4) is 11.4 Å². The number of tetrazole rings is 1. The summed E-state index contributed by atoms with van der Waals surface area (Å²) >= 11 is 2.29. The fraction of sp³-hybridized carbons (Fsp3) is 0.278. The minimum Gasteiger partial charge on any atom is -0.477 e. The highest BCUT2D eigenvalue weighted by atomic mass is 32.2. The summed E-state index contributed by atoms with van der Waals surface area (Å²) in [6.45, 7) is 1.16. The van der Waals surface area contributed by atoms with Crippen molar-refractivity contribution in [3.05, 3.63) is 93.5 Å². The van der Waals surface area contributed by atoms with Gasteiger partial charge in [-0.25, -0.2) is 19.4 Å². The van der Waals surface area contributed by atoms with Crippen LogP contribution >= 0.6 is 23.5 Å². The number of amides is 6. The van der Waals surface area contributed by atoms with Crippen molar-refractivity contribution in [3.63, 3.8) is 0 Å². The highest BCUT2D eigenvalue weighted by Gasteiger charge is 2.59. The van der Waals surface area contributed by atoms with Crippen molar-refractivity contribution in [1.29, 1.82) is 0 Å². The Morgan fingerprint density at radius 1 is 1.03 bits per heavy atom. The zero-order valence-corrected chi connectivity index (χ0v) is 32.9. The summed E-state index contributed by atoms with van der Waals surface area (Å²) in [5.41, 5.74) is 16.6. The number of carbonyl (C=O) groups is 7.